The summed E-state index contributed by atoms with van der Waals surface area (Å²) in [7, 11) is 0. The van der Waals surface area contributed by atoms with Crippen molar-refractivity contribution in [1.82, 2.24) is 14.9 Å². The van der Waals surface area contributed by atoms with Gasteiger partial charge >= 0.3 is 0 Å². The molecule has 0 amide bonds. The molecule has 3 rings (SSSR count). The van der Waals surface area contributed by atoms with E-state index < -0.39 is 0 Å². The third kappa shape index (κ3) is 1.32. The fraction of sp³-hybridized carbons (Fsp3) is 0.636. The molecule has 2 fully saturated rings. The first kappa shape index (κ1) is 8.36. The van der Waals surface area contributed by atoms with Gasteiger partial charge in [-0.15, -0.1) is 0 Å². The summed E-state index contributed by atoms with van der Waals surface area (Å²) in [5.41, 5.74) is 1.20. The quantitative estimate of drug-likeness (QED) is 0.666. The average Bonchev–Trinajstić information content (AvgIpc) is 2.55. The number of hydrogen-bond donors (Lipinski definition) is 0. The Bertz CT molecular complexity index is 312. The second kappa shape index (κ2) is 3.31. The van der Waals surface area contributed by atoms with Gasteiger partial charge in [0.15, 0.2) is 0 Å². The highest BCUT2D eigenvalue weighted by atomic mass is 15.2. The van der Waals surface area contributed by atoms with Crippen molar-refractivity contribution in [3.63, 3.8) is 0 Å². The lowest BCUT2D eigenvalue weighted by Gasteiger charge is -2.21. The molecule has 0 radical (unpaired) electrons. The number of nitrogens with zero attached hydrogens (tertiary/aromatic N) is 3. The van der Waals surface area contributed by atoms with Gasteiger partial charge in [0.05, 0.1) is 5.69 Å². The molecule has 74 valence electrons. The van der Waals surface area contributed by atoms with Crippen LogP contribution < -0.4 is 0 Å². The summed E-state index contributed by atoms with van der Waals surface area (Å²) in [5.74, 6) is 1.48. The van der Waals surface area contributed by atoms with E-state index in [0.717, 1.165) is 5.92 Å². The molecule has 1 aromatic rings. The molecule has 0 spiro atoms. The maximum atomic E-state index is 4.43. The molecule has 0 saturated carbocycles. The van der Waals surface area contributed by atoms with E-state index in [1.54, 1.807) is 6.20 Å². The highest BCUT2D eigenvalue weighted by Crippen LogP contribution is 2.37. The summed E-state index contributed by atoms with van der Waals surface area (Å²) in [6.07, 6.45) is 8.24. The molecule has 3 heterocycles. The molecular weight excluding hydrogens is 174 g/mol. The molecule has 1 aromatic heterocycles. The molecule has 0 N–H and O–H groups in total. The van der Waals surface area contributed by atoms with Gasteiger partial charge in [-0.3, -0.25) is 9.97 Å². The van der Waals surface area contributed by atoms with Crippen LogP contribution in [0.4, 0.5) is 0 Å². The Labute approximate surface area is 84.2 Å². The largest absolute Gasteiger partial charge is 0.302 e. The Morgan fingerprint density at radius 2 is 2.29 bits per heavy atom. The van der Waals surface area contributed by atoms with Crippen molar-refractivity contribution in [3.8, 4) is 0 Å². The average molecular weight is 189 g/mol. The zero-order chi connectivity index (χ0) is 9.38. The van der Waals surface area contributed by atoms with Gasteiger partial charge in [-0.05, 0) is 25.3 Å². The van der Waals surface area contributed by atoms with Gasteiger partial charge in [-0.1, -0.05) is 0 Å². The topological polar surface area (TPSA) is 29.0 Å². The molecule has 2 aliphatic heterocycles. The summed E-state index contributed by atoms with van der Waals surface area (Å²) < 4.78 is 0. The van der Waals surface area contributed by atoms with Gasteiger partial charge in [-0.25, -0.2) is 0 Å². The maximum Gasteiger partial charge on any atom is 0.0633 e. The third-order valence-corrected chi connectivity index (χ3v) is 3.53. The van der Waals surface area contributed by atoms with Gasteiger partial charge in [0.1, 0.15) is 0 Å². The van der Waals surface area contributed by atoms with Crippen molar-refractivity contribution < 1.29 is 0 Å². The highest BCUT2D eigenvalue weighted by molar-refractivity contribution is 5.10. The van der Waals surface area contributed by atoms with Gasteiger partial charge in [-0.2, -0.15) is 0 Å². The molecule has 2 aliphatic rings. The lowest BCUT2D eigenvalue weighted by molar-refractivity contribution is 0.269. The number of rotatable bonds is 1. The fourth-order valence-electron chi connectivity index (χ4n) is 2.85. The van der Waals surface area contributed by atoms with E-state index in [0.29, 0.717) is 5.92 Å². The molecule has 2 bridgehead atoms. The summed E-state index contributed by atoms with van der Waals surface area (Å²) in [6.45, 7) is 3.76. The monoisotopic (exact) mass is 189 g/mol. The Hall–Kier alpha value is -0.960. The standard InChI is InChI=1S/C11H15N3/c1-2-9-7-14(5-1)8-10(9)11-6-12-3-4-13-11/h3-4,6,9-10H,1-2,5,7-8H2/t9-,10+/m0/s1. The molecule has 3 atom stereocenters. The first-order valence-corrected chi connectivity index (χ1v) is 5.42. The minimum Gasteiger partial charge on any atom is -0.302 e. The highest BCUT2D eigenvalue weighted by Gasteiger charge is 2.36. The lowest BCUT2D eigenvalue weighted by atomic mass is 9.89. The van der Waals surface area contributed by atoms with E-state index in [2.05, 4.69) is 14.9 Å². The Balaban J connectivity index is 1.86. The van der Waals surface area contributed by atoms with Crippen LogP contribution in [0.2, 0.25) is 0 Å². The van der Waals surface area contributed by atoms with Crippen molar-refractivity contribution in [3.05, 3.63) is 24.3 Å². The molecular formula is C11H15N3. The van der Waals surface area contributed by atoms with E-state index in [-0.39, 0.29) is 0 Å². The minimum absolute atomic E-state index is 0.645. The van der Waals surface area contributed by atoms with Crippen LogP contribution in [0.25, 0.3) is 0 Å². The predicted octanol–water partition coefficient (Wildman–Crippen LogP) is 1.29. The number of hydrogen-bond acceptors (Lipinski definition) is 3. The van der Waals surface area contributed by atoms with Gasteiger partial charge in [0.25, 0.3) is 0 Å². The lowest BCUT2D eigenvalue weighted by Crippen LogP contribution is -2.25. The van der Waals surface area contributed by atoms with Crippen molar-refractivity contribution >= 4 is 0 Å². The number of fused-ring (bicyclic) bond motifs is 2. The van der Waals surface area contributed by atoms with Crippen molar-refractivity contribution in [1.29, 1.82) is 0 Å². The summed E-state index contributed by atoms with van der Waals surface area (Å²) in [5, 5.41) is 0. The smallest absolute Gasteiger partial charge is 0.0633 e. The van der Waals surface area contributed by atoms with Crippen molar-refractivity contribution in [2.24, 2.45) is 5.92 Å². The van der Waals surface area contributed by atoms with Crippen LogP contribution in [0.5, 0.6) is 0 Å². The molecule has 0 aromatic carbocycles. The first-order chi connectivity index (χ1) is 6.93. The second-order valence-corrected chi connectivity index (χ2v) is 4.40. The Morgan fingerprint density at radius 1 is 1.29 bits per heavy atom. The van der Waals surface area contributed by atoms with Gasteiger partial charge in [0.2, 0.25) is 0 Å². The summed E-state index contributed by atoms with van der Waals surface area (Å²) in [6, 6.07) is 0. The first-order valence-electron chi connectivity index (χ1n) is 5.42. The van der Waals surface area contributed by atoms with Crippen LogP contribution in [-0.4, -0.2) is 34.5 Å². The molecule has 1 unspecified atom stereocenters. The van der Waals surface area contributed by atoms with E-state index in [1.807, 2.05) is 12.4 Å². The Kier molecular flexibility index (Phi) is 1.98. The van der Waals surface area contributed by atoms with Gasteiger partial charge < -0.3 is 4.90 Å². The van der Waals surface area contributed by atoms with E-state index in [4.69, 9.17) is 0 Å². The van der Waals surface area contributed by atoms with E-state index in [1.165, 1.54) is 38.2 Å². The molecule has 3 heteroatoms. The SMILES string of the molecule is c1cnc([C@@H]2CN3CCC[C@H]2C3)cn1. The number of aromatic nitrogens is 2. The molecule has 14 heavy (non-hydrogen) atoms. The van der Waals surface area contributed by atoms with Crippen LogP contribution in [0.3, 0.4) is 0 Å². The maximum absolute atomic E-state index is 4.43. The zero-order valence-corrected chi connectivity index (χ0v) is 8.26. The molecule has 3 nitrogen and oxygen atoms in total. The zero-order valence-electron chi connectivity index (χ0n) is 8.26. The number of piperidine rings is 1. The van der Waals surface area contributed by atoms with Crippen LogP contribution >= 0.6 is 0 Å². The van der Waals surface area contributed by atoms with Crippen molar-refractivity contribution in [2.45, 2.75) is 18.8 Å². The Morgan fingerprint density at radius 3 is 3.07 bits per heavy atom. The summed E-state index contributed by atoms with van der Waals surface area (Å²) in [4.78, 5) is 11.2. The summed E-state index contributed by atoms with van der Waals surface area (Å²) >= 11 is 0. The van der Waals surface area contributed by atoms with Gasteiger partial charge in [0, 0.05) is 37.6 Å². The van der Waals surface area contributed by atoms with Crippen LogP contribution in [0.15, 0.2) is 18.6 Å². The molecule has 0 aliphatic carbocycles. The predicted molar refractivity (Wildman–Crippen MR) is 53.9 cm³/mol. The fourth-order valence-corrected chi connectivity index (χ4v) is 2.85. The normalized spacial score (nSPS) is 35.9. The minimum atomic E-state index is 0.645. The van der Waals surface area contributed by atoms with E-state index in [9.17, 15) is 0 Å². The van der Waals surface area contributed by atoms with Crippen LogP contribution in [-0.2, 0) is 0 Å². The van der Waals surface area contributed by atoms with Crippen LogP contribution in [0.1, 0.15) is 24.5 Å². The third-order valence-electron chi connectivity index (χ3n) is 3.53. The second-order valence-electron chi connectivity index (χ2n) is 4.40. The molecule has 2 saturated heterocycles. The van der Waals surface area contributed by atoms with Crippen molar-refractivity contribution in [2.75, 3.05) is 19.6 Å². The van der Waals surface area contributed by atoms with E-state index >= 15 is 0 Å². The van der Waals surface area contributed by atoms with Crippen LogP contribution in [0, 0.1) is 5.92 Å².